The molecule has 2 rings (SSSR count). The standard InChI is InChI=1S/C18H30N2/c1-4-13-20(14-15-11-12-15)18-10-8-7-9-16(18)17(5-2)19-6-3/h7-10,15,17,19H,4-6,11-14H2,1-3H3. The van der Waals surface area contributed by atoms with Crippen molar-refractivity contribution in [3.8, 4) is 0 Å². The van der Waals surface area contributed by atoms with Crippen LogP contribution >= 0.6 is 0 Å². The smallest absolute Gasteiger partial charge is 0.0414 e. The molecule has 0 spiro atoms. The first-order valence-electron chi connectivity index (χ1n) is 8.37. The summed E-state index contributed by atoms with van der Waals surface area (Å²) < 4.78 is 0. The Balaban J connectivity index is 2.22. The second-order valence-electron chi connectivity index (χ2n) is 5.97. The highest BCUT2D eigenvalue weighted by Crippen LogP contribution is 2.34. The molecule has 1 N–H and O–H groups in total. The summed E-state index contributed by atoms with van der Waals surface area (Å²) in [6, 6.07) is 9.47. The van der Waals surface area contributed by atoms with Crippen LogP contribution in [0.4, 0.5) is 5.69 Å². The fourth-order valence-corrected chi connectivity index (χ4v) is 2.98. The normalized spacial score (nSPS) is 16.1. The number of rotatable bonds is 9. The lowest BCUT2D eigenvalue weighted by molar-refractivity contribution is 0.535. The third-order valence-corrected chi connectivity index (χ3v) is 4.18. The zero-order valence-corrected chi connectivity index (χ0v) is 13.4. The van der Waals surface area contributed by atoms with Crippen LogP contribution < -0.4 is 10.2 Å². The first-order valence-corrected chi connectivity index (χ1v) is 8.37. The van der Waals surface area contributed by atoms with E-state index in [1.807, 2.05) is 0 Å². The number of anilines is 1. The molecule has 112 valence electrons. The highest BCUT2D eigenvalue weighted by atomic mass is 15.1. The minimum Gasteiger partial charge on any atom is -0.371 e. The molecule has 0 radical (unpaired) electrons. The van der Waals surface area contributed by atoms with Crippen molar-refractivity contribution in [3.63, 3.8) is 0 Å². The van der Waals surface area contributed by atoms with Crippen molar-refractivity contribution >= 4 is 5.69 Å². The van der Waals surface area contributed by atoms with Gasteiger partial charge in [-0.05, 0) is 49.8 Å². The number of hydrogen-bond acceptors (Lipinski definition) is 2. The minimum absolute atomic E-state index is 0.481. The zero-order chi connectivity index (χ0) is 14.4. The lowest BCUT2D eigenvalue weighted by Crippen LogP contribution is -2.30. The fourth-order valence-electron chi connectivity index (χ4n) is 2.98. The molecule has 1 aliphatic rings. The fraction of sp³-hybridized carbons (Fsp3) is 0.667. The van der Waals surface area contributed by atoms with Gasteiger partial charge in [-0.15, -0.1) is 0 Å². The molecule has 0 bridgehead atoms. The second-order valence-corrected chi connectivity index (χ2v) is 5.97. The van der Waals surface area contributed by atoms with Crippen LogP contribution in [0.2, 0.25) is 0 Å². The van der Waals surface area contributed by atoms with Crippen molar-refractivity contribution in [1.29, 1.82) is 0 Å². The van der Waals surface area contributed by atoms with Gasteiger partial charge in [0.25, 0.3) is 0 Å². The molecule has 1 unspecified atom stereocenters. The van der Waals surface area contributed by atoms with Gasteiger partial charge in [-0.1, -0.05) is 39.0 Å². The molecule has 1 saturated carbocycles. The minimum atomic E-state index is 0.481. The number of hydrogen-bond donors (Lipinski definition) is 1. The van der Waals surface area contributed by atoms with E-state index in [0.717, 1.165) is 18.9 Å². The number of para-hydroxylation sites is 1. The second kappa shape index (κ2) is 7.68. The average Bonchev–Trinajstić information content (AvgIpc) is 3.28. The first kappa shape index (κ1) is 15.4. The van der Waals surface area contributed by atoms with E-state index in [2.05, 4.69) is 55.3 Å². The van der Waals surface area contributed by atoms with Crippen molar-refractivity contribution in [2.24, 2.45) is 5.92 Å². The van der Waals surface area contributed by atoms with Crippen molar-refractivity contribution in [2.45, 2.75) is 52.5 Å². The van der Waals surface area contributed by atoms with Crippen LogP contribution in [0.5, 0.6) is 0 Å². The van der Waals surface area contributed by atoms with Gasteiger partial charge in [-0.25, -0.2) is 0 Å². The highest BCUT2D eigenvalue weighted by molar-refractivity contribution is 5.55. The van der Waals surface area contributed by atoms with Gasteiger partial charge in [0.15, 0.2) is 0 Å². The van der Waals surface area contributed by atoms with Gasteiger partial charge in [0.05, 0.1) is 0 Å². The molecular weight excluding hydrogens is 244 g/mol. The van der Waals surface area contributed by atoms with E-state index in [4.69, 9.17) is 0 Å². The molecule has 2 heteroatoms. The van der Waals surface area contributed by atoms with Crippen LogP contribution in [-0.4, -0.2) is 19.6 Å². The van der Waals surface area contributed by atoms with Gasteiger partial charge < -0.3 is 10.2 Å². The third kappa shape index (κ3) is 3.99. The van der Waals surface area contributed by atoms with Gasteiger partial charge in [-0.3, -0.25) is 0 Å². The number of nitrogens with zero attached hydrogens (tertiary/aromatic N) is 1. The molecule has 2 nitrogen and oxygen atoms in total. The van der Waals surface area contributed by atoms with Gasteiger partial charge in [0.1, 0.15) is 0 Å². The van der Waals surface area contributed by atoms with E-state index in [1.165, 1.54) is 43.6 Å². The van der Waals surface area contributed by atoms with Crippen LogP contribution in [0.15, 0.2) is 24.3 Å². The van der Waals surface area contributed by atoms with E-state index in [-0.39, 0.29) is 0 Å². The maximum Gasteiger partial charge on any atom is 0.0414 e. The van der Waals surface area contributed by atoms with Crippen LogP contribution in [0, 0.1) is 5.92 Å². The molecule has 0 heterocycles. The van der Waals surface area contributed by atoms with Crippen molar-refractivity contribution < 1.29 is 0 Å². The Kier molecular flexibility index (Phi) is 5.90. The monoisotopic (exact) mass is 274 g/mol. The molecule has 1 aromatic rings. The van der Waals surface area contributed by atoms with Crippen molar-refractivity contribution in [2.75, 3.05) is 24.5 Å². The number of benzene rings is 1. The summed E-state index contributed by atoms with van der Waals surface area (Å²) >= 11 is 0. The van der Waals surface area contributed by atoms with E-state index >= 15 is 0 Å². The molecule has 0 amide bonds. The predicted octanol–water partition coefficient (Wildman–Crippen LogP) is 4.37. The Morgan fingerprint density at radius 2 is 1.95 bits per heavy atom. The van der Waals surface area contributed by atoms with Gasteiger partial charge in [0.2, 0.25) is 0 Å². The van der Waals surface area contributed by atoms with Crippen LogP contribution in [0.3, 0.4) is 0 Å². The molecule has 20 heavy (non-hydrogen) atoms. The maximum absolute atomic E-state index is 3.63. The summed E-state index contributed by atoms with van der Waals surface area (Å²) in [5, 5.41) is 3.63. The average molecular weight is 274 g/mol. The Morgan fingerprint density at radius 3 is 2.55 bits per heavy atom. The zero-order valence-electron chi connectivity index (χ0n) is 13.4. The summed E-state index contributed by atoms with van der Waals surface area (Å²) in [4.78, 5) is 2.62. The van der Waals surface area contributed by atoms with E-state index in [0.29, 0.717) is 6.04 Å². The SMILES string of the molecule is CCCN(CC1CC1)c1ccccc1C(CC)NCC. The van der Waals surface area contributed by atoms with Gasteiger partial charge >= 0.3 is 0 Å². The highest BCUT2D eigenvalue weighted by Gasteiger charge is 2.25. The Hall–Kier alpha value is -1.02. The van der Waals surface area contributed by atoms with E-state index in [1.54, 1.807) is 0 Å². The summed E-state index contributed by atoms with van der Waals surface area (Å²) in [5.74, 6) is 0.939. The summed E-state index contributed by atoms with van der Waals surface area (Å²) in [6.07, 6.45) is 5.22. The van der Waals surface area contributed by atoms with Gasteiger partial charge in [-0.2, -0.15) is 0 Å². The van der Waals surface area contributed by atoms with E-state index in [9.17, 15) is 0 Å². The quantitative estimate of drug-likeness (QED) is 0.719. The van der Waals surface area contributed by atoms with E-state index < -0.39 is 0 Å². The Morgan fingerprint density at radius 1 is 1.20 bits per heavy atom. The van der Waals surface area contributed by atoms with Crippen LogP contribution in [0.25, 0.3) is 0 Å². The van der Waals surface area contributed by atoms with Crippen LogP contribution in [-0.2, 0) is 0 Å². The largest absolute Gasteiger partial charge is 0.371 e. The predicted molar refractivity (Wildman–Crippen MR) is 88.4 cm³/mol. The molecule has 1 aliphatic carbocycles. The maximum atomic E-state index is 3.63. The lowest BCUT2D eigenvalue weighted by Gasteiger charge is -2.29. The first-order chi connectivity index (χ1) is 9.80. The van der Waals surface area contributed by atoms with Gasteiger partial charge in [0, 0.05) is 24.8 Å². The van der Waals surface area contributed by atoms with Crippen molar-refractivity contribution in [3.05, 3.63) is 29.8 Å². The molecule has 0 aromatic heterocycles. The molecule has 1 atom stereocenters. The Bertz CT molecular complexity index is 398. The third-order valence-electron chi connectivity index (χ3n) is 4.18. The molecule has 0 aliphatic heterocycles. The lowest BCUT2D eigenvalue weighted by atomic mass is 10.0. The Labute approximate surface area is 124 Å². The summed E-state index contributed by atoms with van der Waals surface area (Å²) in [5.41, 5.74) is 2.93. The summed E-state index contributed by atoms with van der Waals surface area (Å²) in [6.45, 7) is 10.2. The summed E-state index contributed by atoms with van der Waals surface area (Å²) in [7, 11) is 0. The number of nitrogens with one attached hydrogen (secondary N) is 1. The molecule has 1 aromatic carbocycles. The van der Waals surface area contributed by atoms with Crippen LogP contribution in [0.1, 0.15) is 58.1 Å². The topological polar surface area (TPSA) is 15.3 Å². The van der Waals surface area contributed by atoms with Crippen molar-refractivity contribution in [1.82, 2.24) is 5.32 Å². The molecule has 0 saturated heterocycles. The molecular formula is C18H30N2. The molecule has 1 fully saturated rings.